The van der Waals surface area contributed by atoms with Gasteiger partial charge in [0, 0.05) is 5.92 Å². The summed E-state index contributed by atoms with van der Waals surface area (Å²) in [5, 5.41) is 2.28. The molecule has 2 atom stereocenters. The van der Waals surface area contributed by atoms with Crippen LogP contribution in [-0.2, 0) is 14.4 Å². The van der Waals surface area contributed by atoms with Gasteiger partial charge in [-0.3, -0.25) is 19.7 Å². The van der Waals surface area contributed by atoms with Crippen molar-refractivity contribution in [2.75, 3.05) is 6.54 Å². The van der Waals surface area contributed by atoms with Crippen molar-refractivity contribution in [1.29, 1.82) is 0 Å². The third-order valence-electron chi connectivity index (χ3n) is 3.64. The molecule has 2 fully saturated rings. The van der Waals surface area contributed by atoms with Gasteiger partial charge in [-0.15, -0.1) is 0 Å². The first-order valence-corrected chi connectivity index (χ1v) is 6.18. The van der Waals surface area contributed by atoms with Gasteiger partial charge in [-0.1, -0.05) is 13.8 Å². The fourth-order valence-electron chi connectivity index (χ4n) is 2.36. The van der Waals surface area contributed by atoms with Crippen LogP contribution >= 0.6 is 0 Å². The lowest BCUT2D eigenvalue weighted by atomic mass is 10.0. The third kappa shape index (κ3) is 2.33. The van der Waals surface area contributed by atoms with Crippen molar-refractivity contribution in [3.8, 4) is 0 Å². The second-order valence-corrected chi connectivity index (χ2v) is 4.93. The maximum Gasteiger partial charge on any atom is 0.249 e. The summed E-state index contributed by atoms with van der Waals surface area (Å²) in [5.41, 5.74) is 0. The van der Waals surface area contributed by atoms with Crippen molar-refractivity contribution in [2.45, 2.75) is 39.2 Å². The van der Waals surface area contributed by atoms with E-state index >= 15 is 0 Å². The van der Waals surface area contributed by atoms with Crippen LogP contribution in [0.5, 0.6) is 0 Å². The van der Waals surface area contributed by atoms with Gasteiger partial charge in [0.2, 0.25) is 17.7 Å². The van der Waals surface area contributed by atoms with Gasteiger partial charge in [-0.2, -0.15) is 0 Å². The first-order chi connectivity index (χ1) is 8.04. The average molecular weight is 238 g/mol. The summed E-state index contributed by atoms with van der Waals surface area (Å²) in [4.78, 5) is 36.6. The van der Waals surface area contributed by atoms with Crippen molar-refractivity contribution in [3.63, 3.8) is 0 Å². The van der Waals surface area contributed by atoms with Crippen molar-refractivity contribution in [3.05, 3.63) is 0 Å². The van der Waals surface area contributed by atoms with Crippen LogP contribution in [0.25, 0.3) is 0 Å². The smallest absolute Gasteiger partial charge is 0.249 e. The molecule has 2 rings (SSSR count). The second kappa shape index (κ2) is 4.47. The van der Waals surface area contributed by atoms with Crippen LogP contribution in [0.4, 0.5) is 0 Å². The molecule has 1 N–H and O–H groups in total. The molecule has 0 aromatic rings. The van der Waals surface area contributed by atoms with Gasteiger partial charge < -0.3 is 4.90 Å². The monoisotopic (exact) mass is 238 g/mol. The molecule has 0 bridgehead atoms. The number of piperazine rings is 1. The Morgan fingerprint density at radius 3 is 2.65 bits per heavy atom. The number of nitrogens with one attached hydrogen (secondary N) is 1. The molecule has 1 aliphatic heterocycles. The minimum Gasteiger partial charge on any atom is -0.321 e. The van der Waals surface area contributed by atoms with Crippen LogP contribution in [0.1, 0.15) is 33.1 Å². The predicted molar refractivity (Wildman–Crippen MR) is 60.8 cm³/mol. The standard InChI is InChI=1S/C12H18N2O3/c1-3-9-11(16)13-10(15)6-14(9)12(17)7(2)8-4-5-8/h7-9H,3-6H2,1-2H3,(H,13,15,16). The number of carbonyl (C=O) groups is 3. The van der Waals surface area contributed by atoms with Crippen LogP contribution < -0.4 is 5.32 Å². The number of hydrogen-bond donors (Lipinski definition) is 1. The summed E-state index contributed by atoms with van der Waals surface area (Å²) in [6.45, 7) is 3.76. The van der Waals surface area contributed by atoms with E-state index in [1.54, 1.807) is 0 Å². The lowest BCUT2D eigenvalue weighted by Gasteiger charge is -2.35. The molecule has 0 radical (unpaired) electrons. The Labute approximate surface area is 101 Å². The molecule has 17 heavy (non-hydrogen) atoms. The third-order valence-corrected chi connectivity index (χ3v) is 3.64. The summed E-state index contributed by atoms with van der Waals surface area (Å²) in [6, 6.07) is -0.485. The van der Waals surface area contributed by atoms with Crippen LogP contribution in [0.15, 0.2) is 0 Å². The maximum absolute atomic E-state index is 12.2. The highest BCUT2D eigenvalue weighted by atomic mass is 16.2. The summed E-state index contributed by atoms with van der Waals surface area (Å²) in [6.07, 6.45) is 2.71. The summed E-state index contributed by atoms with van der Waals surface area (Å²) < 4.78 is 0. The Morgan fingerprint density at radius 2 is 2.12 bits per heavy atom. The molecule has 5 nitrogen and oxygen atoms in total. The highest BCUT2D eigenvalue weighted by Gasteiger charge is 2.41. The zero-order valence-corrected chi connectivity index (χ0v) is 10.2. The fraction of sp³-hybridized carbons (Fsp3) is 0.750. The van der Waals surface area contributed by atoms with Crippen molar-refractivity contribution >= 4 is 17.7 Å². The van der Waals surface area contributed by atoms with Gasteiger partial charge in [0.15, 0.2) is 0 Å². The van der Waals surface area contributed by atoms with E-state index in [1.807, 2.05) is 13.8 Å². The molecule has 1 saturated carbocycles. The van der Waals surface area contributed by atoms with Gasteiger partial charge in [0.05, 0.1) is 0 Å². The van der Waals surface area contributed by atoms with Gasteiger partial charge in [-0.05, 0) is 25.2 Å². The highest BCUT2D eigenvalue weighted by Crippen LogP contribution is 2.37. The SMILES string of the molecule is CCC1C(=O)NC(=O)CN1C(=O)C(C)C1CC1. The number of nitrogens with zero attached hydrogens (tertiary/aromatic N) is 1. The number of carbonyl (C=O) groups excluding carboxylic acids is 3. The first-order valence-electron chi connectivity index (χ1n) is 6.18. The van der Waals surface area contributed by atoms with Crippen LogP contribution in [0.3, 0.4) is 0 Å². The largest absolute Gasteiger partial charge is 0.321 e. The zero-order valence-electron chi connectivity index (χ0n) is 10.2. The summed E-state index contributed by atoms with van der Waals surface area (Å²) >= 11 is 0. The van der Waals surface area contributed by atoms with E-state index in [9.17, 15) is 14.4 Å². The molecule has 2 unspecified atom stereocenters. The first kappa shape index (κ1) is 12.1. The molecule has 0 aromatic carbocycles. The molecule has 94 valence electrons. The quantitative estimate of drug-likeness (QED) is 0.719. The molecular formula is C12H18N2O3. The van der Waals surface area contributed by atoms with Crippen molar-refractivity contribution in [2.24, 2.45) is 11.8 Å². The molecule has 0 aromatic heterocycles. The molecule has 5 heteroatoms. The molecule has 1 aliphatic carbocycles. The van der Waals surface area contributed by atoms with Crippen molar-refractivity contribution in [1.82, 2.24) is 10.2 Å². The topological polar surface area (TPSA) is 66.5 Å². The normalized spacial score (nSPS) is 26.7. The van der Waals surface area contributed by atoms with Crippen LogP contribution in [-0.4, -0.2) is 35.2 Å². The van der Waals surface area contributed by atoms with Gasteiger partial charge >= 0.3 is 0 Å². The number of rotatable bonds is 3. The lowest BCUT2D eigenvalue weighted by Crippen LogP contribution is -2.60. The van der Waals surface area contributed by atoms with E-state index in [0.29, 0.717) is 12.3 Å². The number of hydrogen-bond acceptors (Lipinski definition) is 3. The second-order valence-electron chi connectivity index (χ2n) is 4.93. The van der Waals surface area contributed by atoms with E-state index in [2.05, 4.69) is 5.32 Å². The van der Waals surface area contributed by atoms with E-state index in [-0.39, 0.29) is 30.2 Å². The van der Waals surface area contributed by atoms with Gasteiger partial charge in [0.1, 0.15) is 12.6 Å². The fourth-order valence-corrected chi connectivity index (χ4v) is 2.36. The van der Waals surface area contributed by atoms with Gasteiger partial charge in [0.25, 0.3) is 0 Å². The van der Waals surface area contributed by atoms with Crippen LogP contribution in [0.2, 0.25) is 0 Å². The van der Waals surface area contributed by atoms with E-state index in [0.717, 1.165) is 12.8 Å². The molecule has 0 spiro atoms. The Kier molecular flexibility index (Phi) is 3.17. The van der Waals surface area contributed by atoms with Crippen LogP contribution in [0, 0.1) is 11.8 Å². The van der Waals surface area contributed by atoms with Gasteiger partial charge in [-0.25, -0.2) is 0 Å². The van der Waals surface area contributed by atoms with Crippen molar-refractivity contribution < 1.29 is 14.4 Å². The predicted octanol–water partition coefficient (Wildman–Crippen LogP) is 0.296. The minimum absolute atomic E-state index is 0.0140. The Bertz CT molecular complexity index is 363. The van der Waals surface area contributed by atoms with E-state index in [1.165, 1.54) is 4.90 Å². The molecule has 2 aliphatic rings. The Hall–Kier alpha value is -1.39. The molecule has 3 amide bonds. The highest BCUT2D eigenvalue weighted by molar-refractivity contribution is 6.04. The molecule has 1 heterocycles. The average Bonchev–Trinajstić information content (AvgIpc) is 3.10. The lowest BCUT2D eigenvalue weighted by molar-refractivity contribution is -0.152. The summed E-state index contributed by atoms with van der Waals surface area (Å²) in [5.74, 6) is -0.401. The molecule has 1 saturated heterocycles. The maximum atomic E-state index is 12.2. The molecular weight excluding hydrogens is 220 g/mol. The zero-order chi connectivity index (χ0) is 12.6. The Balaban J connectivity index is 2.12. The van der Waals surface area contributed by atoms with E-state index < -0.39 is 6.04 Å². The number of imide groups is 1. The number of amides is 3. The summed E-state index contributed by atoms with van der Waals surface area (Å²) in [7, 11) is 0. The minimum atomic E-state index is -0.485. The Morgan fingerprint density at radius 1 is 1.47 bits per heavy atom. The van der Waals surface area contributed by atoms with E-state index in [4.69, 9.17) is 0 Å².